The predicted octanol–water partition coefficient (Wildman–Crippen LogP) is 4.37. The molecule has 3 rings (SSSR count). The van der Waals surface area contributed by atoms with Gasteiger partial charge in [0.2, 0.25) is 0 Å². The first-order chi connectivity index (χ1) is 9.75. The van der Waals surface area contributed by atoms with Crippen LogP contribution in [0.5, 0.6) is 0 Å². The van der Waals surface area contributed by atoms with Gasteiger partial charge in [-0.3, -0.25) is 4.98 Å². The zero-order valence-corrected chi connectivity index (χ0v) is 12.2. The molecule has 2 aromatic rings. The Morgan fingerprint density at radius 2 is 1.75 bits per heavy atom. The molecule has 1 aromatic heterocycles. The zero-order chi connectivity index (χ0) is 13.9. The van der Waals surface area contributed by atoms with Gasteiger partial charge in [-0.15, -0.1) is 0 Å². The minimum absolute atomic E-state index is 0.351. The minimum atomic E-state index is 0.351. The van der Waals surface area contributed by atoms with Crippen LogP contribution in [0.25, 0.3) is 0 Å². The molecule has 1 heterocycles. The number of benzene rings is 1. The fourth-order valence-electron chi connectivity index (χ4n) is 3.23. The van der Waals surface area contributed by atoms with Crippen LogP contribution in [0.3, 0.4) is 0 Å². The highest BCUT2D eigenvalue weighted by molar-refractivity contribution is 5.35. The van der Waals surface area contributed by atoms with E-state index in [1.54, 1.807) is 0 Å². The second kappa shape index (κ2) is 5.76. The standard InChI is InChI=1S/C18H22N2/c1-13-7-8-18(17-6-4-3-5-16(13)17)20-14(2)15-9-11-19-12-10-15/h3-6,9-14,18,20H,7-8H2,1-2H3. The maximum absolute atomic E-state index is 4.09. The summed E-state index contributed by atoms with van der Waals surface area (Å²) in [5, 5.41) is 3.78. The molecule has 1 aliphatic rings. The van der Waals surface area contributed by atoms with E-state index in [9.17, 15) is 0 Å². The molecule has 0 saturated heterocycles. The van der Waals surface area contributed by atoms with Gasteiger partial charge >= 0.3 is 0 Å². The number of hydrogen-bond acceptors (Lipinski definition) is 2. The van der Waals surface area contributed by atoms with Gasteiger partial charge < -0.3 is 5.32 Å². The molecule has 0 bridgehead atoms. The molecule has 0 saturated carbocycles. The lowest BCUT2D eigenvalue weighted by Crippen LogP contribution is -2.28. The Hall–Kier alpha value is -1.67. The fourth-order valence-corrected chi connectivity index (χ4v) is 3.23. The maximum Gasteiger partial charge on any atom is 0.0328 e. The van der Waals surface area contributed by atoms with Crippen LogP contribution in [0.1, 0.15) is 61.4 Å². The van der Waals surface area contributed by atoms with Crippen molar-refractivity contribution in [1.82, 2.24) is 10.3 Å². The van der Waals surface area contributed by atoms with Crippen molar-refractivity contribution in [2.45, 2.75) is 44.7 Å². The first-order valence-corrected chi connectivity index (χ1v) is 7.50. The molecule has 2 nitrogen and oxygen atoms in total. The van der Waals surface area contributed by atoms with Gasteiger partial charge in [-0.05, 0) is 54.5 Å². The van der Waals surface area contributed by atoms with E-state index in [1.807, 2.05) is 12.4 Å². The van der Waals surface area contributed by atoms with Gasteiger partial charge in [-0.1, -0.05) is 31.2 Å². The number of fused-ring (bicyclic) bond motifs is 1. The van der Waals surface area contributed by atoms with Crippen LogP contribution >= 0.6 is 0 Å². The molecule has 0 amide bonds. The molecule has 0 aliphatic heterocycles. The van der Waals surface area contributed by atoms with E-state index < -0.39 is 0 Å². The highest BCUT2D eigenvalue weighted by atomic mass is 14.9. The maximum atomic E-state index is 4.09. The molecule has 0 radical (unpaired) electrons. The molecule has 1 aliphatic carbocycles. The third kappa shape index (κ3) is 2.61. The zero-order valence-electron chi connectivity index (χ0n) is 12.2. The van der Waals surface area contributed by atoms with Gasteiger partial charge in [0.05, 0.1) is 0 Å². The molecule has 1 aromatic carbocycles. The smallest absolute Gasteiger partial charge is 0.0328 e. The lowest BCUT2D eigenvalue weighted by molar-refractivity contribution is 0.396. The Labute approximate surface area is 121 Å². The summed E-state index contributed by atoms with van der Waals surface area (Å²) in [6.45, 7) is 4.57. The third-order valence-electron chi connectivity index (χ3n) is 4.45. The summed E-state index contributed by atoms with van der Waals surface area (Å²) in [6, 6.07) is 13.9. The third-order valence-corrected chi connectivity index (χ3v) is 4.45. The SMILES string of the molecule is CC1CCC(NC(C)c2ccncc2)c2ccccc21. The molecule has 20 heavy (non-hydrogen) atoms. The lowest BCUT2D eigenvalue weighted by Gasteiger charge is -2.32. The summed E-state index contributed by atoms with van der Waals surface area (Å²) in [5.41, 5.74) is 4.29. The summed E-state index contributed by atoms with van der Waals surface area (Å²) < 4.78 is 0. The average Bonchev–Trinajstić information content (AvgIpc) is 2.51. The van der Waals surface area contributed by atoms with Crippen molar-refractivity contribution in [3.05, 3.63) is 65.5 Å². The van der Waals surface area contributed by atoms with Crippen LogP contribution in [-0.2, 0) is 0 Å². The van der Waals surface area contributed by atoms with E-state index >= 15 is 0 Å². The number of nitrogens with zero attached hydrogens (tertiary/aromatic N) is 1. The summed E-state index contributed by atoms with van der Waals surface area (Å²) in [7, 11) is 0. The molecule has 3 atom stereocenters. The van der Waals surface area contributed by atoms with Crippen LogP contribution < -0.4 is 5.32 Å². The molecular weight excluding hydrogens is 244 g/mol. The Bertz CT molecular complexity index is 565. The Morgan fingerprint density at radius 3 is 2.50 bits per heavy atom. The number of aromatic nitrogens is 1. The van der Waals surface area contributed by atoms with E-state index in [2.05, 4.69) is 60.5 Å². The summed E-state index contributed by atoms with van der Waals surface area (Å²) in [4.78, 5) is 4.09. The Kier molecular flexibility index (Phi) is 3.83. The second-order valence-corrected chi connectivity index (χ2v) is 5.83. The number of hydrogen-bond donors (Lipinski definition) is 1. The summed E-state index contributed by atoms with van der Waals surface area (Å²) in [6.07, 6.45) is 6.21. The highest BCUT2D eigenvalue weighted by Crippen LogP contribution is 2.38. The Balaban J connectivity index is 1.81. The van der Waals surface area contributed by atoms with Crippen molar-refractivity contribution in [1.29, 1.82) is 0 Å². The van der Waals surface area contributed by atoms with Crippen molar-refractivity contribution >= 4 is 0 Å². The topological polar surface area (TPSA) is 24.9 Å². The lowest BCUT2D eigenvalue weighted by atomic mass is 9.81. The van der Waals surface area contributed by atoms with Crippen LogP contribution in [-0.4, -0.2) is 4.98 Å². The Morgan fingerprint density at radius 1 is 1.05 bits per heavy atom. The predicted molar refractivity (Wildman–Crippen MR) is 82.6 cm³/mol. The van der Waals surface area contributed by atoms with Crippen molar-refractivity contribution in [3.63, 3.8) is 0 Å². The quantitative estimate of drug-likeness (QED) is 0.892. The first kappa shape index (κ1) is 13.3. The second-order valence-electron chi connectivity index (χ2n) is 5.83. The van der Waals surface area contributed by atoms with Crippen molar-refractivity contribution < 1.29 is 0 Å². The summed E-state index contributed by atoms with van der Waals surface area (Å²) in [5.74, 6) is 0.681. The van der Waals surface area contributed by atoms with E-state index in [0.29, 0.717) is 18.0 Å². The van der Waals surface area contributed by atoms with E-state index in [0.717, 1.165) is 0 Å². The van der Waals surface area contributed by atoms with Gasteiger partial charge in [-0.2, -0.15) is 0 Å². The van der Waals surface area contributed by atoms with Crippen LogP contribution in [0.2, 0.25) is 0 Å². The molecule has 1 N–H and O–H groups in total. The van der Waals surface area contributed by atoms with Gasteiger partial charge in [-0.25, -0.2) is 0 Å². The van der Waals surface area contributed by atoms with E-state index in [-0.39, 0.29) is 0 Å². The van der Waals surface area contributed by atoms with Gasteiger partial charge in [0.15, 0.2) is 0 Å². The molecule has 0 spiro atoms. The van der Waals surface area contributed by atoms with Crippen molar-refractivity contribution in [2.75, 3.05) is 0 Å². The monoisotopic (exact) mass is 266 g/mol. The first-order valence-electron chi connectivity index (χ1n) is 7.50. The molecular formula is C18H22N2. The number of pyridine rings is 1. The fraction of sp³-hybridized carbons (Fsp3) is 0.389. The summed E-state index contributed by atoms with van der Waals surface area (Å²) >= 11 is 0. The van der Waals surface area contributed by atoms with Crippen LogP contribution in [0.15, 0.2) is 48.8 Å². The van der Waals surface area contributed by atoms with E-state index in [4.69, 9.17) is 0 Å². The largest absolute Gasteiger partial charge is 0.303 e. The normalized spacial score (nSPS) is 23.1. The van der Waals surface area contributed by atoms with Crippen LogP contribution in [0, 0.1) is 0 Å². The van der Waals surface area contributed by atoms with E-state index in [1.165, 1.54) is 29.5 Å². The van der Waals surface area contributed by atoms with Gasteiger partial charge in [0.1, 0.15) is 0 Å². The highest BCUT2D eigenvalue weighted by Gasteiger charge is 2.25. The molecule has 2 heteroatoms. The van der Waals surface area contributed by atoms with Gasteiger partial charge in [0, 0.05) is 24.5 Å². The number of nitrogens with one attached hydrogen (secondary N) is 1. The van der Waals surface area contributed by atoms with Crippen molar-refractivity contribution in [3.8, 4) is 0 Å². The van der Waals surface area contributed by atoms with Crippen LogP contribution in [0.4, 0.5) is 0 Å². The number of rotatable bonds is 3. The van der Waals surface area contributed by atoms with Crippen molar-refractivity contribution in [2.24, 2.45) is 0 Å². The molecule has 0 fully saturated rings. The molecule has 104 valence electrons. The van der Waals surface area contributed by atoms with Gasteiger partial charge in [0.25, 0.3) is 0 Å². The molecule has 3 unspecified atom stereocenters. The average molecular weight is 266 g/mol. The minimum Gasteiger partial charge on any atom is -0.303 e.